The summed E-state index contributed by atoms with van der Waals surface area (Å²) >= 11 is 0. The first kappa shape index (κ1) is 19.0. The summed E-state index contributed by atoms with van der Waals surface area (Å²) in [5.41, 5.74) is 0.0617. The molecule has 0 aromatic heterocycles. The highest BCUT2D eigenvalue weighted by atomic mass is 19.1. The molecule has 1 fully saturated rings. The Hall–Kier alpha value is -3.75. The lowest BCUT2D eigenvalue weighted by Gasteiger charge is -2.28. The zero-order valence-corrected chi connectivity index (χ0v) is 15.0. The van der Waals surface area contributed by atoms with E-state index in [1.165, 1.54) is 32.4 Å². The predicted octanol–water partition coefficient (Wildman–Crippen LogP) is 2.44. The zero-order chi connectivity index (χ0) is 20.3. The molecule has 0 saturated carbocycles. The van der Waals surface area contributed by atoms with Crippen molar-refractivity contribution in [2.45, 2.75) is 0 Å². The number of rotatable bonds is 5. The van der Waals surface area contributed by atoms with Gasteiger partial charge in [0, 0.05) is 12.3 Å². The van der Waals surface area contributed by atoms with Crippen LogP contribution >= 0.6 is 0 Å². The van der Waals surface area contributed by atoms with Gasteiger partial charge in [-0.15, -0.1) is 0 Å². The molecule has 1 aliphatic heterocycles. The van der Waals surface area contributed by atoms with Gasteiger partial charge in [-0.3, -0.25) is 19.9 Å². The Morgan fingerprint density at radius 2 is 1.86 bits per heavy atom. The summed E-state index contributed by atoms with van der Waals surface area (Å²) in [7, 11) is 2.92. The van der Waals surface area contributed by atoms with E-state index >= 15 is 0 Å². The molecule has 0 spiro atoms. The number of para-hydroxylation sites is 1. The van der Waals surface area contributed by atoms with E-state index in [1.54, 1.807) is 18.2 Å². The van der Waals surface area contributed by atoms with E-state index in [0.717, 1.165) is 12.3 Å². The van der Waals surface area contributed by atoms with Gasteiger partial charge in [0.2, 0.25) is 5.91 Å². The fraction of sp³-hybridized carbons (Fsp3) is 0.158. The number of hydrogen-bond acceptors (Lipinski definition) is 6. The average Bonchev–Trinajstić information content (AvgIpc) is 2.68. The van der Waals surface area contributed by atoms with Crippen molar-refractivity contribution in [3.05, 3.63) is 48.3 Å². The minimum absolute atomic E-state index is 0.255. The highest BCUT2D eigenvalue weighted by molar-refractivity contribution is 6.32. The van der Waals surface area contributed by atoms with Crippen LogP contribution in [0.3, 0.4) is 0 Å². The Balaban J connectivity index is 1.94. The number of aliphatic imine (C=N–C) groups is 1. The molecule has 1 atom stereocenters. The number of carbonyl (C=O) groups excluding carboxylic acids is 3. The van der Waals surface area contributed by atoms with Crippen molar-refractivity contribution < 1.29 is 28.2 Å². The highest BCUT2D eigenvalue weighted by Crippen LogP contribution is 2.31. The molecule has 4 amide bonds. The largest absolute Gasteiger partial charge is 0.497 e. The van der Waals surface area contributed by atoms with Crippen LogP contribution in [-0.2, 0) is 9.59 Å². The van der Waals surface area contributed by atoms with Crippen molar-refractivity contribution in [1.29, 1.82) is 0 Å². The summed E-state index contributed by atoms with van der Waals surface area (Å²) in [5.74, 6) is -3.07. The second-order valence-corrected chi connectivity index (χ2v) is 5.71. The fourth-order valence-electron chi connectivity index (χ4n) is 2.64. The highest BCUT2D eigenvalue weighted by Gasteiger charge is 2.41. The van der Waals surface area contributed by atoms with Crippen LogP contribution < -0.4 is 19.7 Å². The summed E-state index contributed by atoms with van der Waals surface area (Å²) in [6.07, 6.45) is 1.08. The van der Waals surface area contributed by atoms with Crippen molar-refractivity contribution in [1.82, 2.24) is 5.32 Å². The molecule has 1 saturated heterocycles. The Bertz CT molecular complexity index is 976. The third-order valence-corrected chi connectivity index (χ3v) is 4.04. The monoisotopic (exact) mass is 385 g/mol. The lowest BCUT2D eigenvalue weighted by atomic mass is 10.1. The molecule has 144 valence electrons. The number of ether oxygens (including phenoxy) is 2. The maximum atomic E-state index is 14.1. The molecular weight excluding hydrogens is 369 g/mol. The van der Waals surface area contributed by atoms with Crippen LogP contribution in [0.5, 0.6) is 11.5 Å². The second kappa shape index (κ2) is 7.87. The van der Waals surface area contributed by atoms with Crippen molar-refractivity contribution in [2.24, 2.45) is 10.9 Å². The third kappa shape index (κ3) is 3.54. The van der Waals surface area contributed by atoms with Gasteiger partial charge in [0.1, 0.15) is 23.0 Å². The van der Waals surface area contributed by atoms with Gasteiger partial charge in [0.25, 0.3) is 5.91 Å². The molecule has 0 aliphatic carbocycles. The van der Waals surface area contributed by atoms with Gasteiger partial charge in [0.05, 0.1) is 19.9 Å². The number of barbiturate groups is 1. The average molecular weight is 385 g/mol. The van der Waals surface area contributed by atoms with Crippen LogP contribution in [0, 0.1) is 11.7 Å². The predicted molar refractivity (Wildman–Crippen MR) is 98.6 cm³/mol. The number of methoxy groups -OCH3 is 2. The smallest absolute Gasteiger partial charge is 0.335 e. The van der Waals surface area contributed by atoms with Crippen molar-refractivity contribution >= 4 is 35.4 Å². The molecule has 2 aromatic carbocycles. The molecule has 3 rings (SSSR count). The molecule has 0 bridgehead atoms. The van der Waals surface area contributed by atoms with Crippen LogP contribution in [0.15, 0.2) is 47.5 Å². The standard InChI is InChI=1S/C19H16FN3O5/c1-27-11-7-8-16(28-2)14(9-11)21-10-12-17(24)22-19(26)23(18(12)25)15-6-4-3-5-13(15)20/h3-10,12H,1-2H3,(H,22,24,26)/t12-/m1/s1. The molecule has 0 unspecified atom stereocenters. The van der Waals surface area contributed by atoms with E-state index in [-0.39, 0.29) is 5.69 Å². The van der Waals surface area contributed by atoms with Gasteiger partial charge in [-0.05, 0) is 24.3 Å². The topological polar surface area (TPSA) is 97.3 Å². The van der Waals surface area contributed by atoms with Gasteiger partial charge in [-0.2, -0.15) is 0 Å². The fourth-order valence-corrected chi connectivity index (χ4v) is 2.64. The molecule has 8 nitrogen and oxygen atoms in total. The number of anilines is 1. The molecule has 9 heteroatoms. The molecule has 1 heterocycles. The SMILES string of the molecule is COc1ccc(OC)c(N=C[C@@H]2C(=O)NC(=O)N(c3ccccc3F)C2=O)c1. The number of nitrogens with one attached hydrogen (secondary N) is 1. The number of hydrogen-bond donors (Lipinski definition) is 1. The first-order chi connectivity index (χ1) is 13.5. The maximum absolute atomic E-state index is 14.1. The van der Waals surface area contributed by atoms with Crippen molar-refractivity contribution in [2.75, 3.05) is 19.1 Å². The number of amides is 4. The number of imide groups is 2. The quantitative estimate of drug-likeness (QED) is 0.630. The van der Waals surface area contributed by atoms with E-state index in [1.807, 2.05) is 5.32 Å². The van der Waals surface area contributed by atoms with E-state index in [0.29, 0.717) is 22.1 Å². The first-order valence-corrected chi connectivity index (χ1v) is 8.15. The van der Waals surface area contributed by atoms with E-state index < -0.39 is 29.6 Å². The summed E-state index contributed by atoms with van der Waals surface area (Å²) in [5, 5.41) is 2.04. The molecule has 1 aliphatic rings. The number of halogens is 1. The van der Waals surface area contributed by atoms with Crippen molar-refractivity contribution in [3.8, 4) is 11.5 Å². The Labute approximate surface area is 159 Å². The lowest BCUT2D eigenvalue weighted by molar-refractivity contribution is -0.131. The number of nitrogens with zero attached hydrogens (tertiary/aromatic N) is 2. The third-order valence-electron chi connectivity index (χ3n) is 4.04. The van der Waals surface area contributed by atoms with Gasteiger partial charge >= 0.3 is 6.03 Å². The van der Waals surface area contributed by atoms with Crippen LogP contribution in [0.2, 0.25) is 0 Å². The normalized spacial score (nSPS) is 17.0. The molecule has 0 radical (unpaired) electrons. The minimum Gasteiger partial charge on any atom is -0.497 e. The Morgan fingerprint density at radius 3 is 2.54 bits per heavy atom. The van der Waals surface area contributed by atoms with Gasteiger partial charge in [-0.1, -0.05) is 12.1 Å². The number of carbonyl (C=O) groups is 3. The maximum Gasteiger partial charge on any atom is 0.335 e. The minimum atomic E-state index is -1.42. The first-order valence-electron chi connectivity index (χ1n) is 8.15. The van der Waals surface area contributed by atoms with Gasteiger partial charge in [0.15, 0.2) is 5.92 Å². The van der Waals surface area contributed by atoms with E-state index in [2.05, 4.69) is 4.99 Å². The summed E-state index contributed by atoms with van der Waals surface area (Å²) in [4.78, 5) is 41.7. The number of benzene rings is 2. The van der Waals surface area contributed by atoms with Crippen LogP contribution in [-0.4, -0.2) is 38.3 Å². The summed E-state index contributed by atoms with van der Waals surface area (Å²) < 4.78 is 24.4. The zero-order valence-electron chi connectivity index (χ0n) is 15.0. The van der Waals surface area contributed by atoms with Crippen LogP contribution in [0.1, 0.15) is 0 Å². The number of urea groups is 1. The van der Waals surface area contributed by atoms with E-state index in [9.17, 15) is 18.8 Å². The van der Waals surface area contributed by atoms with Crippen LogP contribution in [0.25, 0.3) is 0 Å². The van der Waals surface area contributed by atoms with E-state index in [4.69, 9.17) is 9.47 Å². The van der Waals surface area contributed by atoms with Gasteiger partial charge < -0.3 is 9.47 Å². The molecular formula is C19H16FN3O5. The molecule has 2 aromatic rings. The molecule has 28 heavy (non-hydrogen) atoms. The summed E-state index contributed by atoms with van der Waals surface area (Å²) in [6, 6.07) is 9.07. The van der Waals surface area contributed by atoms with Crippen LogP contribution in [0.4, 0.5) is 20.6 Å². The Morgan fingerprint density at radius 1 is 1.11 bits per heavy atom. The molecule has 1 N–H and O–H groups in total. The Kier molecular flexibility index (Phi) is 5.35. The lowest BCUT2D eigenvalue weighted by Crippen LogP contribution is -2.58. The van der Waals surface area contributed by atoms with Gasteiger partial charge in [-0.25, -0.2) is 14.1 Å². The van der Waals surface area contributed by atoms with Crippen molar-refractivity contribution in [3.63, 3.8) is 0 Å². The second-order valence-electron chi connectivity index (χ2n) is 5.71. The summed E-state index contributed by atoms with van der Waals surface area (Å²) in [6.45, 7) is 0.